The third-order valence-corrected chi connectivity index (χ3v) is 2.22. The molecule has 1 rings (SSSR count). The van der Waals surface area contributed by atoms with Gasteiger partial charge in [-0.1, -0.05) is 13.8 Å². The normalized spacial score (nSPS) is 10.4. The molecule has 0 aromatic heterocycles. The van der Waals surface area contributed by atoms with E-state index in [0.717, 1.165) is 5.56 Å². The van der Waals surface area contributed by atoms with E-state index in [1.807, 2.05) is 13.8 Å². The lowest BCUT2D eigenvalue weighted by Gasteiger charge is -2.14. The molecule has 0 aliphatic rings. The van der Waals surface area contributed by atoms with Crippen LogP contribution in [0.5, 0.6) is 5.75 Å². The Labute approximate surface area is 88.7 Å². The lowest BCUT2D eigenvalue weighted by molar-refractivity contribution is 0.0697. The topological polar surface area (TPSA) is 72.5 Å². The number of carboxylic acids is 1. The lowest BCUT2D eigenvalue weighted by atomic mass is 9.98. The summed E-state index contributed by atoms with van der Waals surface area (Å²) >= 11 is 0. The van der Waals surface area contributed by atoms with Crippen LogP contribution in [0, 0.1) is 0 Å². The fraction of sp³-hybridized carbons (Fsp3) is 0.364. The Kier molecular flexibility index (Phi) is 3.19. The summed E-state index contributed by atoms with van der Waals surface area (Å²) in [5.41, 5.74) is 7.09. The zero-order valence-electron chi connectivity index (χ0n) is 9.07. The van der Waals surface area contributed by atoms with E-state index in [-0.39, 0.29) is 11.5 Å². The summed E-state index contributed by atoms with van der Waals surface area (Å²) < 4.78 is 5.15. The second-order valence-corrected chi connectivity index (χ2v) is 3.65. The largest absolute Gasteiger partial charge is 0.494 e. The standard InChI is InChI=1S/C11H15NO3/c1-6(2)8-4-7(11(13)14)5-9(12)10(8)15-3/h4-6H,12H2,1-3H3,(H,13,14). The molecule has 1 aromatic rings. The van der Waals surface area contributed by atoms with Crippen molar-refractivity contribution in [3.8, 4) is 5.75 Å². The van der Waals surface area contributed by atoms with Crippen molar-refractivity contribution in [2.24, 2.45) is 0 Å². The number of anilines is 1. The van der Waals surface area contributed by atoms with Crippen LogP contribution < -0.4 is 10.5 Å². The number of nitrogens with two attached hydrogens (primary N) is 1. The number of hydrogen-bond acceptors (Lipinski definition) is 3. The molecule has 0 spiro atoms. The maximum absolute atomic E-state index is 10.8. The predicted octanol–water partition coefficient (Wildman–Crippen LogP) is 2.10. The molecule has 4 heteroatoms. The second-order valence-electron chi connectivity index (χ2n) is 3.65. The number of carbonyl (C=O) groups is 1. The van der Waals surface area contributed by atoms with Gasteiger partial charge in [0.05, 0.1) is 18.4 Å². The Hall–Kier alpha value is -1.71. The quantitative estimate of drug-likeness (QED) is 0.748. The summed E-state index contributed by atoms with van der Waals surface area (Å²) in [6, 6.07) is 3.01. The van der Waals surface area contributed by atoms with Crippen LogP contribution in [0.4, 0.5) is 5.69 Å². The number of methoxy groups -OCH3 is 1. The highest BCUT2D eigenvalue weighted by Gasteiger charge is 2.15. The molecule has 15 heavy (non-hydrogen) atoms. The molecule has 4 nitrogen and oxygen atoms in total. The first-order valence-electron chi connectivity index (χ1n) is 4.68. The minimum Gasteiger partial charge on any atom is -0.494 e. The molecule has 0 fully saturated rings. The van der Waals surface area contributed by atoms with Gasteiger partial charge in [-0.15, -0.1) is 0 Å². The van der Waals surface area contributed by atoms with Crippen molar-refractivity contribution in [2.45, 2.75) is 19.8 Å². The monoisotopic (exact) mass is 209 g/mol. The van der Waals surface area contributed by atoms with Crippen LogP contribution in [0.1, 0.15) is 35.7 Å². The van der Waals surface area contributed by atoms with E-state index >= 15 is 0 Å². The van der Waals surface area contributed by atoms with Crippen molar-refractivity contribution < 1.29 is 14.6 Å². The van der Waals surface area contributed by atoms with Gasteiger partial charge in [-0.05, 0) is 23.6 Å². The minimum absolute atomic E-state index is 0.168. The predicted molar refractivity (Wildman–Crippen MR) is 58.5 cm³/mol. The highest BCUT2D eigenvalue weighted by atomic mass is 16.5. The number of hydrogen-bond donors (Lipinski definition) is 2. The summed E-state index contributed by atoms with van der Waals surface area (Å²) in [5.74, 6) is -0.247. The van der Waals surface area contributed by atoms with Crippen molar-refractivity contribution in [1.82, 2.24) is 0 Å². The number of aromatic carboxylic acids is 1. The van der Waals surface area contributed by atoms with Crippen LogP contribution >= 0.6 is 0 Å². The smallest absolute Gasteiger partial charge is 0.335 e. The maximum Gasteiger partial charge on any atom is 0.335 e. The molecular weight excluding hydrogens is 194 g/mol. The van der Waals surface area contributed by atoms with Crippen LogP contribution in [0.15, 0.2) is 12.1 Å². The van der Waals surface area contributed by atoms with E-state index in [1.165, 1.54) is 13.2 Å². The first kappa shape index (κ1) is 11.4. The number of rotatable bonds is 3. The molecule has 0 unspecified atom stereocenters. The van der Waals surface area contributed by atoms with E-state index in [1.54, 1.807) is 6.07 Å². The van der Waals surface area contributed by atoms with Gasteiger partial charge in [0, 0.05) is 0 Å². The molecule has 0 aliphatic carbocycles. The van der Waals surface area contributed by atoms with Gasteiger partial charge in [0.1, 0.15) is 5.75 Å². The average Bonchev–Trinajstić information content (AvgIpc) is 2.16. The summed E-state index contributed by atoms with van der Waals surface area (Å²) in [6.45, 7) is 3.92. The molecular formula is C11H15NO3. The van der Waals surface area contributed by atoms with Gasteiger partial charge in [0.25, 0.3) is 0 Å². The zero-order valence-corrected chi connectivity index (χ0v) is 9.07. The molecule has 0 saturated heterocycles. The van der Waals surface area contributed by atoms with E-state index in [9.17, 15) is 4.79 Å². The fourth-order valence-corrected chi connectivity index (χ4v) is 1.46. The molecule has 1 aromatic carbocycles. The van der Waals surface area contributed by atoms with Crippen molar-refractivity contribution in [3.63, 3.8) is 0 Å². The van der Waals surface area contributed by atoms with Crippen molar-refractivity contribution >= 4 is 11.7 Å². The van der Waals surface area contributed by atoms with Crippen LogP contribution in [0.3, 0.4) is 0 Å². The molecule has 0 amide bonds. The van der Waals surface area contributed by atoms with Crippen LogP contribution in [0.25, 0.3) is 0 Å². The first-order valence-corrected chi connectivity index (χ1v) is 4.68. The summed E-state index contributed by atoms with van der Waals surface area (Å²) in [7, 11) is 1.53. The van der Waals surface area contributed by atoms with E-state index in [4.69, 9.17) is 15.6 Å². The van der Waals surface area contributed by atoms with Gasteiger partial charge in [0.15, 0.2) is 0 Å². The molecule has 0 atom stereocenters. The Morgan fingerprint density at radius 2 is 2.07 bits per heavy atom. The van der Waals surface area contributed by atoms with Crippen LogP contribution in [-0.2, 0) is 0 Å². The van der Waals surface area contributed by atoms with Gasteiger partial charge in [0.2, 0.25) is 0 Å². The summed E-state index contributed by atoms with van der Waals surface area (Å²) in [6.07, 6.45) is 0. The van der Waals surface area contributed by atoms with Gasteiger partial charge in [-0.2, -0.15) is 0 Å². The van der Waals surface area contributed by atoms with Gasteiger partial charge >= 0.3 is 5.97 Å². The van der Waals surface area contributed by atoms with Crippen molar-refractivity contribution in [3.05, 3.63) is 23.3 Å². The number of benzene rings is 1. The van der Waals surface area contributed by atoms with Gasteiger partial charge in [-0.25, -0.2) is 4.79 Å². The number of carboxylic acid groups (broad SMARTS) is 1. The summed E-state index contributed by atoms with van der Waals surface area (Å²) in [4.78, 5) is 10.8. The van der Waals surface area contributed by atoms with E-state index in [0.29, 0.717) is 11.4 Å². The molecule has 0 bridgehead atoms. The Bertz CT molecular complexity index is 386. The number of nitrogen functional groups attached to an aromatic ring is 1. The van der Waals surface area contributed by atoms with E-state index < -0.39 is 5.97 Å². The molecule has 82 valence electrons. The van der Waals surface area contributed by atoms with Crippen molar-refractivity contribution in [1.29, 1.82) is 0 Å². The summed E-state index contributed by atoms with van der Waals surface area (Å²) in [5, 5.41) is 8.88. The molecule has 0 radical (unpaired) electrons. The van der Waals surface area contributed by atoms with Crippen molar-refractivity contribution in [2.75, 3.05) is 12.8 Å². The van der Waals surface area contributed by atoms with Crippen LogP contribution in [-0.4, -0.2) is 18.2 Å². The van der Waals surface area contributed by atoms with Crippen LogP contribution in [0.2, 0.25) is 0 Å². The molecule has 0 aliphatic heterocycles. The van der Waals surface area contributed by atoms with Gasteiger partial charge < -0.3 is 15.6 Å². The fourth-order valence-electron chi connectivity index (χ4n) is 1.46. The zero-order chi connectivity index (χ0) is 11.6. The average molecular weight is 209 g/mol. The Morgan fingerprint density at radius 3 is 2.47 bits per heavy atom. The first-order chi connectivity index (χ1) is 6.97. The third-order valence-electron chi connectivity index (χ3n) is 2.22. The molecule has 3 N–H and O–H groups in total. The highest BCUT2D eigenvalue weighted by molar-refractivity contribution is 5.90. The minimum atomic E-state index is -0.980. The number of ether oxygens (including phenoxy) is 1. The molecule has 0 heterocycles. The molecule has 0 saturated carbocycles. The van der Waals surface area contributed by atoms with E-state index in [2.05, 4.69) is 0 Å². The van der Waals surface area contributed by atoms with Gasteiger partial charge in [-0.3, -0.25) is 0 Å². The maximum atomic E-state index is 10.8. The second kappa shape index (κ2) is 4.21. The third kappa shape index (κ3) is 2.21. The highest BCUT2D eigenvalue weighted by Crippen LogP contribution is 2.33. The Morgan fingerprint density at radius 1 is 1.47 bits per heavy atom. The SMILES string of the molecule is COc1c(N)cc(C(=O)O)cc1C(C)C. The lowest BCUT2D eigenvalue weighted by Crippen LogP contribution is -2.04. The Balaban J connectivity index is 3.38.